The molecule has 33 heavy (non-hydrogen) atoms. The summed E-state index contributed by atoms with van der Waals surface area (Å²) in [4.78, 5) is 2.37. The molecule has 8 heteroatoms. The minimum absolute atomic E-state index is 0.0538. The zero-order valence-corrected chi connectivity index (χ0v) is 20.4. The molecule has 0 radical (unpaired) electrons. The number of ether oxygens (including phenoxy) is 5. The number of hydrogen-bond donors (Lipinski definition) is 2. The van der Waals surface area contributed by atoms with Crippen LogP contribution in [0.2, 0.25) is 0 Å². The van der Waals surface area contributed by atoms with Gasteiger partial charge < -0.3 is 33.9 Å². The second kappa shape index (κ2) is 6.51. The van der Waals surface area contributed by atoms with Crippen molar-refractivity contribution < 1.29 is 33.9 Å². The van der Waals surface area contributed by atoms with Gasteiger partial charge in [-0.25, -0.2) is 0 Å². The molecule has 0 amide bonds. The molecule has 9 aliphatic rings. The van der Waals surface area contributed by atoms with E-state index in [1.807, 2.05) is 0 Å². The molecule has 9 rings (SSSR count). The van der Waals surface area contributed by atoms with E-state index < -0.39 is 17.3 Å². The van der Waals surface area contributed by atoms with Crippen LogP contribution < -0.4 is 0 Å². The second-order valence-electron chi connectivity index (χ2n) is 12.0. The number of methoxy groups -OCH3 is 4. The third-order valence-corrected chi connectivity index (χ3v) is 11.9. The lowest BCUT2D eigenvalue weighted by molar-refractivity contribution is -0.411. The molecule has 0 aromatic rings. The molecule has 2 N–H and O–H groups in total. The van der Waals surface area contributed by atoms with Crippen LogP contribution in [0.4, 0.5) is 0 Å². The van der Waals surface area contributed by atoms with Crippen molar-refractivity contribution in [2.75, 3.05) is 41.6 Å². The van der Waals surface area contributed by atoms with Gasteiger partial charge in [0.25, 0.3) is 0 Å². The van der Waals surface area contributed by atoms with Gasteiger partial charge in [0.15, 0.2) is 0 Å². The molecule has 0 aromatic carbocycles. The van der Waals surface area contributed by atoms with Crippen LogP contribution >= 0.6 is 0 Å². The van der Waals surface area contributed by atoms with E-state index in [1.165, 1.54) is 0 Å². The Morgan fingerprint density at radius 3 is 2.52 bits per heavy atom. The monoisotopic (exact) mass is 465 g/mol. The molecule has 14 unspecified atom stereocenters. The van der Waals surface area contributed by atoms with Crippen molar-refractivity contribution in [3.8, 4) is 0 Å². The number of aliphatic hydroxyl groups is 2. The minimum atomic E-state index is -1.44. The molecule has 186 valence electrons. The first kappa shape index (κ1) is 21.9. The number of nitrogens with zero attached hydrogens (tertiary/aromatic N) is 1. The third-order valence-electron chi connectivity index (χ3n) is 11.9. The number of rotatable bonds is 6. The second-order valence-corrected chi connectivity index (χ2v) is 12.0. The first-order chi connectivity index (χ1) is 15.9. The maximum atomic E-state index is 13.0. The number of hydrogen-bond acceptors (Lipinski definition) is 8. The third kappa shape index (κ3) is 1.88. The summed E-state index contributed by atoms with van der Waals surface area (Å²) in [5.41, 5.74) is -3.37. The van der Waals surface area contributed by atoms with E-state index in [4.69, 9.17) is 23.7 Å². The fourth-order valence-electron chi connectivity index (χ4n) is 11.5. The molecule has 4 aliphatic heterocycles. The van der Waals surface area contributed by atoms with Gasteiger partial charge in [-0.2, -0.15) is 0 Å². The van der Waals surface area contributed by atoms with E-state index in [0.717, 1.165) is 25.8 Å². The van der Waals surface area contributed by atoms with Crippen molar-refractivity contribution in [2.24, 2.45) is 34.5 Å². The summed E-state index contributed by atoms with van der Waals surface area (Å²) in [5, 5.41) is 25.8. The Balaban J connectivity index is 1.54. The summed E-state index contributed by atoms with van der Waals surface area (Å²) >= 11 is 0. The summed E-state index contributed by atoms with van der Waals surface area (Å²) in [5.74, 6) is 0.284. The molecule has 9 fully saturated rings. The summed E-state index contributed by atoms with van der Waals surface area (Å²) in [7, 11) is 6.94. The van der Waals surface area contributed by atoms with Gasteiger partial charge in [0.05, 0.1) is 37.1 Å². The zero-order valence-electron chi connectivity index (χ0n) is 20.4. The SMILES string of the molecule is CCN1C2OC3CCC2(COC)C2C(OC)C4(O)C1C32C1CC2C(OC)CC4(O)C1C2OC. The fourth-order valence-corrected chi connectivity index (χ4v) is 11.5. The highest BCUT2D eigenvalue weighted by atomic mass is 16.5. The van der Waals surface area contributed by atoms with Crippen molar-refractivity contribution >= 4 is 0 Å². The summed E-state index contributed by atoms with van der Waals surface area (Å²) in [6.07, 6.45) is 2.43. The van der Waals surface area contributed by atoms with Gasteiger partial charge in [0.2, 0.25) is 0 Å². The predicted octanol–water partition coefficient (Wildman–Crippen LogP) is 0.635. The molecule has 9 bridgehead atoms. The van der Waals surface area contributed by atoms with E-state index in [0.29, 0.717) is 13.0 Å². The standard InChI is InChI=1S/C25H39NO7/c1-6-26-20-24-13-9-12-14(30-3)10-23(27,16(13)17(12)31-4)25(20,28)19(32-5)18(24)22(11-29-2)8-7-15(24)33-21(22)26/h12-21,27-28H,6-11H2,1-5H3. The maximum absolute atomic E-state index is 13.0. The highest BCUT2D eigenvalue weighted by molar-refractivity contribution is 5.43. The van der Waals surface area contributed by atoms with E-state index >= 15 is 0 Å². The summed E-state index contributed by atoms with van der Waals surface area (Å²) in [6.45, 7) is 3.47. The highest BCUT2D eigenvalue weighted by Crippen LogP contribution is 2.83. The molecule has 14 atom stereocenters. The first-order valence-corrected chi connectivity index (χ1v) is 12.8. The van der Waals surface area contributed by atoms with Crippen molar-refractivity contribution in [3.05, 3.63) is 0 Å². The molecule has 5 saturated carbocycles. The van der Waals surface area contributed by atoms with Crippen molar-refractivity contribution in [3.63, 3.8) is 0 Å². The van der Waals surface area contributed by atoms with Crippen LogP contribution in [-0.2, 0) is 23.7 Å². The molecule has 0 aromatic heterocycles. The lowest BCUT2D eigenvalue weighted by Crippen LogP contribution is -2.86. The maximum Gasteiger partial charge on any atom is 0.136 e. The van der Waals surface area contributed by atoms with E-state index in [1.54, 1.807) is 28.4 Å². The average Bonchev–Trinajstić information content (AvgIpc) is 3.26. The van der Waals surface area contributed by atoms with Crippen molar-refractivity contribution in [1.82, 2.24) is 4.90 Å². The molecule has 4 saturated heterocycles. The Labute approximate surface area is 195 Å². The van der Waals surface area contributed by atoms with Crippen molar-refractivity contribution in [1.29, 1.82) is 0 Å². The number of likely N-dealkylation sites (N-methyl/N-ethyl adjacent to an activating group) is 1. The number of fused-ring (bicyclic) bond motifs is 3. The predicted molar refractivity (Wildman–Crippen MR) is 116 cm³/mol. The van der Waals surface area contributed by atoms with Crippen LogP contribution in [0.1, 0.15) is 32.6 Å². The van der Waals surface area contributed by atoms with Crippen molar-refractivity contribution in [2.45, 2.75) is 80.5 Å². The molecule has 4 heterocycles. The van der Waals surface area contributed by atoms with E-state index in [2.05, 4.69) is 11.8 Å². The topological polar surface area (TPSA) is 89.9 Å². The Kier molecular flexibility index (Phi) is 4.32. The molecule has 1 spiro atoms. The van der Waals surface area contributed by atoms with Gasteiger partial charge in [-0.15, -0.1) is 0 Å². The van der Waals surface area contributed by atoms with Crippen LogP contribution in [0.25, 0.3) is 0 Å². The molecule has 8 nitrogen and oxygen atoms in total. The Bertz CT molecular complexity index is 855. The lowest BCUT2D eigenvalue weighted by Gasteiger charge is -2.76. The van der Waals surface area contributed by atoms with Gasteiger partial charge in [-0.1, -0.05) is 6.92 Å². The quantitative estimate of drug-likeness (QED) is 0.591. The van der Waals surface area contributed by atoms with Gasteiger partial charge in [0.1, 0.15) is 17.4 Å². The molecule has 5 aliphatic carbocycles. The van der Waals surface area contributed by atoms with E-state index in [9.17, 15) is 10.2 Å². The van der Waals surface area contributed by atoms with Gasteiger partial charge in [-0.05, 0) is 31.7 Å². The Morgan fingerprint density at radius 1 is 1.09 bits per heavy atom. The smallest absolute Gasteiger partial charge is 0.136 e. The molecular formula is C25H39NO7. The molecular weight excluding hydrogens is 426 g/mol. The largest absolute Gasteiger partial charge is 0.386 e. The lowest BCUT2D eigenvalue weighted by atomic mass is 9.41. The summed E-state index contributed by atoms with van der Waals surface area (Å²) in [6, 6.07) is -0.211. The van der Waals surface area contributed by atoms with Crippen LogP contribution in [0.3, 0.4) is 0 Å². The van der Waals surface area contributed by atoms with Gasteiger partial charge in [-0.3, -0.25) is 4.90 Å². The van der Waals surface area contributed by atoms with Gasteiger partial charge in [0, 0.05) is 63.4 Å². The van der Waals surface area contributed by atoms with Crippen LogP contribution in [-0.4, -0.2) is 105 Å². The average molecular weight is 466 g/mol. The van der Waals surface area contributed by atoms with E-state index in [-0.39, 0.29) is 65.1 Å². The Hall–Kier alpha value is -0.320. The van der Waals surface area contributed by atoms with Crippen LogP contribution in [0.5, 0.6) is 0 Å². The summed E-state index contributed by atoms with van der Waals surface area (Å²) < 4.78 is 31.2. The van der Waals surface area contributed by atoms with Crippen LogP contribution in [0.15, 0.2) is 0 Å². The van der Waals surface area contributed by atoms with Gasteiger partial charge >= 0.3 is 0 Å². The number of piperidine rings is 1. The normalized spacial score (nSPS) is 64.1. The minimum Gasteiger partial charge on any atom is -0.386 e. The van der Waals surface area contributed by atoms with Crippen LogP contribution in [0, 0.1) is 34.5 Å². The first-order valence-electron chi connectivity index (χ1n) is 12.8. The fraction of sp³-hybridized carbons (Fsp3) is 1.00. The highest BCUT2D eigenvalue weighted by Gasteiger charge is 2.94. The zero-order chi connectivity index (χ0) is 23.1. The Morgan fingerprint density at radius 2 is 1.88 bits per heavy atom.